The molecular formula is C22H26N2O5S. The van der Waals surface area contributed by atoms with Gasteiger partial charge < -0.3 is 9.64 Å². The molecule has 1 fully saturated rings. The molecule has 0 unspecified atom stereocenters. The summed E-state index contributed by atoms with van der Waals surface area (Å²) in [6.45, 7) is 1.48. The molecule has 160 valence electrons. The van der Waals surface area contributed by atoms with Gasteiger partial charge in [-0.1, -0.05) is 36.4 Å². The summed E-state index contributed by atoms with van der Waals surface area (Å²) in [6, 6.07) is 15.5. The van der Waals surface area contributed by atoms with E-state index >= 15 is 0 Å². The van der Waals surface area contributed by atoms with Crippen LogP contribution < -0.4 is 0 Å². The molecule has 2 aromatic carbocycles. The van der Waals surface area contributed by atoms with Gasteiger partial charge >= 0.3 is 5.97 Å². The average Bonchev–Trinajstić information content (AvgIpc) is 3.32. The molecule has 1 saturated heterocycles. The summed E-state index contributed by atoms with van der Waals surface area (Å²) in [7, 11) is -2.32. The van der Waals surface area contributed by atoms with Crippen LogP contribution in [0.4, 0.5) is 0 Å². The zero-order valence-electron chi connectivity index (χ0n) is 17.0. The number of sulfonamides is 1. The van der Waals surface area contributed by atoms with Crippen LogP contribution in [0.2, 0.25) is 0 Å². The largest absolute Gasteiger partial charge is 0.469 e. The third kappa shape index (κ3) is 5.25. The number of benzene rings is 2. The van der Waals surface area contributed by atoms with E-state index in [9.17, 15) is 18.0 Å². The summed E-state index contributed by atoms with van der Waals surface area (Å²) < 4.78 is 31.9. The number of carbonyl (C=O) groups excluding carboxylic acids is 2. The van der Waals surface area contributed by atoms with Crippen molar-refractivity contribution in [3.8, 4) is 0 Å². The lowest BCUT2D eigenvalue weighted by molar-refractivity contribution is -0.140. The standard InChI is InChI=1S/C22H26N2O5S/c1-29-21(25)12-15-23(17-18-8-3-2-4-9-18)22(26)19-10-7-11-20(16-19)30(27,28)24-13-5-6-14-24/h2-4,7-11,16H,5-6,12-15,17H2,1H3. The predicted molar refractivity (Wildman–Crippen MR) is 112 cm³/mol. The number of methoxy groups -OCH3 is 1. The minimum Gasteiger partial charge on any atom is -0.469 e. The normalized spacial score (nSPS) is 14.4. The number of hydrogen-bond acceptors (Lipinski definition) is 5. The van der Waals surface area contributed by atoms with Crippen LogP contribution in [0.3, 0.4) is 0 Å². The molecule has 1 heterocycles. The Hall–Kier alpha value is -2.71. The minimum absolute atomic E-state index is 0.0564. The lowest BCUT2D eigenvalue weighted by Gasteiger charge is -2.23. The van der Waals surface area contributed by atoms with Crippen LogP contribution in [0.1, 0.15) is 35.2 Å². The van der Waals surface area contributed by atoms with E-state index in [2.05, 4.69) is 0 Å². The summed E-state index contributed by atoms with van der Waals surface area (Å²) in [4.78, 5) is 26.5. The molecule has 3 rings (SSSR count). The van der Waals surface area contributed by atoms with Crippen molar-refractivity contribution in [1.82, 2.24) is 9.21 Å². The lowest BCUT2D eigenvalue weighted by atomic mass is 10.1. The Bertz CT molecular complexity index is 986. The monoisotopic (exact) mass is 430 g/mol. The second kappa shape index (κ2) is 9.86. The van der Waals surface area contributed by atoms with Crippen molar-refractivity contribution in [2.45, 2.75) is 30.7 Å². The first-order valence-corrected chi connectivity index (χ1v) is 11.4. The van der Waals surface area contributed by atoms with Crippen molar-refractivity contribution in [3.63, 3.8) is 0 Å². The van der Waals surface area contributed by atoms with Crippen molar-refractivity contribution < 1.29 is 22.7 Å². The molecule has 0 bridgehead atoms. The molecule has 1 aliphatic rings. The minimum atomic E-state index is -3.62. The molecule has 30 heavy (non-hydrogen) atoms. The fraction of sp³-hybridized carbons (Fsp3) is 0.364. The van der Waals surface area contributed by atoms with E-state index in [1.807, 2.05) is 30.3 Å². The van der Waals surface area contributed by atoms with Gasteiger partial charge in [0.2, 0.25) is 10.0 Å². The SMILES string of the molecule is COC(=O)CCN(Cc1ccccc1)C(=O)c1cccc(S(=O)(=O)N2CCCC2)c1. The molecule has 0 atom stereocenters. The zero-order chi connectivity index (χ0) is 21.6. The first-order chi connectivity index (χ1) is 14.4. The molecular weight excluding hydrogens is 404 g/mol. The van der Waals surface area contributed by atoms with E-state index in [0.717, 1.165) is 18.4 Å². The molecule has 2 aromatic rings. The number of ether oxygens (including phenoxy) is 1. The highest BCUT2D eigenvalue weighted by molar-refractivity contribution is 7.89. The van der Waals surface area contributed by atoms with Crippen molar-refractivity contribution in [2.75, 3.05) is 26.7 Å². The van der Waals surface area contributed by atoms with Gasteiger partial charge in [-0.15, -0.1) is 0 Å². The van der Waals surface area contributed by atoms with Crippen LogP contribution in [0.15, 0.2) is 59.5 Å². The van der Waals surface area contributed by atoms with Gasteiger partial charge in [0.25, 0.3) is 5.91 Å². The van der Waals surface area contributed by atoms with Crippen LogP contribution in [0, 0.1) is 0 Å². The topological polar surface area (TPSA) is 84.0 Å². The highest BCUT2D eigenvalue weighted by atomic mass is 32.2. The third-order valence-corrected chi connectivity index (χ3v) is 7.00. The first kappa shape index (κ1) is 22.0. The molecule has 0 N–H and O–H groups in total. The summed E-state index contributed by atoms with van der Waals surface area (Å²) >= 11 is 0. The maximum absolute atomic E-state index is 13.2. The second-order valence-electron chi connectivity index (χ2n) is 7.18. The summed E-state index contributed by atoms with van der Waals surface area (Å²) in [6.07, 6.45) is 1.74. The van der Waals surface area contributed by atoms with Gasteiger partial charge in [0, 0.05) is 31.7 Å². The molecule has 7 nitrogen and oxygen atoms in total. The molecule has 0 radical (unpaired) electrons. The average molecular weight is 431 g/mol. The quantitative estimate of drug-likeness (QED) is 0.601. The molecule has 1 aliphatic heterocycles. The van der Waals surface area contributed by atoms with Gasteiger partial charge in [-0.3, -0.25) is 9.59 Å². The first-order valence-electron chi connectivity index (χ1n) is 9.92. The maximum Gasteiger partial charge on any atom is 0.307 e. The molecule has 8 heteroatoms. The highest BCUT2D eigenvalue weighted by Gasteiger charge is 2.28. The molecule has 0 saturated carbocycles. The van der Waals surface area contributed by atoms with Gasteiger partial charge in [-0.05, 0) is 36.6 Å². The number of carbonyl (C=O) groups is 2. The van der Waals surface area contributed by atoms with E-state index in [4.69, 9.17) is 4.74 Å². The Morgan fingerprint density at radius 2 is 1.73 bits per heavy atom. The smallest absolute Gasteiger partial charge is 0.307 e. The lowest BCUT2D eigenvalue weighted by Crippen LogP contribution is -2.33. The summed E-state index contributed by atoms with van der Waals surface area (Å²) in [5, 5.41) is 0. The van der Waals surface area contributed by atoms with E-state index < -0.39 is 16.0 Å². The van der Waals surface area contributed by atoms with E-state index in [1.54, 1.807) is 12.1 Å². The fourth-order valence-corrected chi connectivity index (χ4v) is 5.00. The van der Waals surface area contributed by atoms with E-state index in [-0.39, 0.29) is 29.3 Å². The van der Waals surface area contributed by atoms with Crippen molar-refractivity contribution in [1.29, 1.82) is 0 Å². The molecule has 0 aromatic heterocycles. The Kier molecular flexibility index (Phi) is 7.23. The number of nitrogens with zero attached hydrogens (tertiary/aromatic N) is 2. The Balaban J connectivity index is 1.85. The van der Waals surface area contributed by atoms with Crippen LogP contribution >= 0.6 is 0 Å². The van der Waals surface area contributed by atoms with Gasteiger partial charge in [0.05, 0.1) is 18.4 Å². The summed E-state index contributed by atoms with van der Waals surface area (Å²) in [5.74, 6) is -0.743. The van der Waals surface area contributed by atoms with Crippen molar-refractivity contribution in [3.05, 3.63) is 65.7 Å². The highest BCUT2D eigenvalue weighted by Crippen LogP contribution is 2.22. The number of esters is 1. The van der Waals surface area contributed by atoms with Crippen LogP contribution in [0.5, 0.6) is 0 Å². The van der Waals surface area contributed by atoms with Crippen LogP contribution in [0.25, 0.3) is 0 Å². The maximum atomic E-state index is 13.2. The van der Waals surface area contributed by atoms with Crippen LogP contribution in [-0.4, -0.2) is 56.2 Å². The molecule has 1 amide bonds. The van der Waals surface area contributed by atoms with Gasteiger partial charge in [-0.25, -0.2) is 8.42 Å². The second-order valence-corrected chi connectivity index (χ2v) is 9.12. The number of hydrogen-bond donors (Lipinski definition) is 0. The van der Waals surface area contributed by atoms with Gasteiger partial charge in [0.1, 0.15) is 0 Å². The molecule has 0 aliphatic carbocycles. The van der Waals surface area contributed by atoms with Crippen molar-refractivity contribution >= 4 is 21.9 Å². The summed E-state index contributed by atoms with van der Waals surface area (Å²) in [5.41, 5.74) is 1.19. The van der Waals surface area contributed by atoms with Gasteiger partial charge in [0.15, 0.2) is 0 Å². The van der Waals surface area contributed by atoms with Crippen molar-refractivity contribution in [2.24, 2.45) is 0 Å². The van der Waals surface area contributed by atoms with E-state index in [0.29, 0.717) is 19.6 Å². The third-order valence-electron chi connectivity index (χ3n) is 5.10. The fourth-order valence-electron chi connectivity index (χ4n) is 3.43. The Morgan fingerprint density at radius 3 is 2.40 bits per heavy atom. The zero-order valence-corrected chi connectivity index (χ0v) is 17.8. The van der Waals surface area contributed by atoms with Gasteiger partial charge in [-0.2, -0.15) is 4.31 Å². The number of amides is 1. The Morgan fingerprint density at radius 1 is 1.03 bits per heavy atom. The van der Waals surface area contributed by atoms with E-state index in [1.165, 1.54) is 28.4 Å². The molecule has 0 spiro atoms. The van der Waals surface area contributed by atoms with Crippen LogP contribution in [-0.2, 0) is 26.1 Å². The number of rotatable bonds is 8. The Labute approximate surface area is 177 Å². The predicted octanol–water partition coefficient (Wildman–Crippen LogP) is 2.68.